The van der Waals surface area contributed by atoms with Gasteiger partial charge in [-0.2, -0.15) is 0 Å². The summed E-state index contributed by atoms with van der Waals surface area (Å²) in [7, 11) is 0. The zero-order valence-corrected chi connectivity index (χ0v) is 16.9. The molecule has 1 unspecified atom stereocenters. The molecule has 1 heterocycles. The van der Waals surface area contributed by atoms with Gasteiger partial charge in [0.2, 0.25) is 0 Å². The fourth-order valence-electron chi connectivity index (χ4n) is 3.77. The summed E-state index contributed by atoms with van der Waals surface area (Å²) in [4.78, 5) is 7.78. The smallest absolute Gasteiger partial charge is 0.116 e. The lowest BCUT2D eigenvalue weighted by atomic mass is 9.77. The van der Waals surface area contributed by atoms with Crippen LogP contribution in [-0.4, -0.2) is 16.6 Å². The second-order valence-corrected chi connectivity index (χ2v) is 7.65. The number of nitrogens with one attached hydrogen (secondary N) is 1. The third-order valence-electron chi connectivity index (χ3n) is 5.57. The number of ether oxygens (including phenoxy) is 1. The fourth-order valence-corrected chi connectivity index (χ4v) is 3.77. The standard InChI is InChI=1S/C23H38N2O/c1-3-5-6-7-8-9-10-11-12-13-19-26-21-15-14-16-23(4-2,20-21)22-24-17-18-25-22/h14-18H,3-13,19-20H2,1-2H3,(H,24,25). The van der Waals surface area contributed by atoms with Crippen molar-refractivity contribution in [1.29, 1.82) is 0 Å². The second kappa shape index (κ2) is 12.0. The first-order valence-corrected chi connectivity index (χ1v) is 10.8. The molecule has 146 valence electrons. The summed E-state index contributed by atoms with van der Waals surface area (Å²) in [6, 6.07) is 0. The molecule has 1 atom stereocenters. The normalized spacial score (nSPS) is 19.5. The highest BCUT2D eigenvalue weighted by Gasteiger charge is 2.33. The summed E-state index contributed by atoms with van der Waals surface area (Å²) >= 11 is 0. The minimum atomic E-state index is -0.0363. The molecule has 0 radical (unpaired) electrons. The summed E-state index contributed by atoms with van der Waals surface area (Å²) in [5.74, 6) is 2.14. The first kappa shape index (κ1) is 20.8. The molecule has 2 rings (SSSR count). The molecule has 0 amide bonds. The van der Waals surface area contributed by atoms with Gasteiger partial charge in [-0.3, -0.25) is 0 Å². The van der Waals surface area contributed by atoms with E-state index >= 15 is 0 Å². The lowest BCUT2D eigenvalue weighted by molar-refractivity contribution is 0.181. The largest absolute Gasteiger partial charge is 0.498 e. The first-order chi connectivity index (χ1) is 12.8. The molecule has 0 spiro atoms. The highest BCUT2D eigenvalue weighted by atomic mass is 16.5. The number of H-pyrrole nitrogens is 1. The van der Waals surface area contributed by atoms with Gasteiger partial charge in [-0.25, -0.2) is 4.98 Å². The predicted molar refractivity (Wildman–Crippen MR) is 110 cm³/mol. The average Bonchev–Trinajstić information content (AvgIpc) is 3.22. The van der Waals surface area contributed by atoms with E-state index in [-0.39, 0.29) is 5.41 Å². The Bertz CT molecular complexity index is 532. The monoisotopic (exact) mass is 358 g/mol. The third kappa shape index (κ3) is 6.66. The Hall–Kier alpha value is -1.51. The average molecular weight is 359 g/mol. The number of aromatic nitrogens is 2. The summed E-state index contributed by atoms with van der Waals surface area (Å²) in [6.07, 6.45) is 25.8. The Kier molecular flexibility index (Phi) is 9.58. The van der Waals surface area contributed by atoms with E-state index in [1.54, 1.807) is 0 Å². The van der Waals surface area contributed by atoms with Crippen molar-refractivity contribution in [2.45, 2.75) is 96.3 Å². The van der Waals surface area contributed by atoms with Crippen LogP contribution < -0.4 is 0 Å². The van der Waals surface area contributed by atoms with Crippen LogP contribution in [0.25, 0.3) is 0 Å². The van der Waals surface area contributed by atoms with Crippen LogP contribution in [0.4, 0.5) is 0 Å². The van der Waals surface area contributed by atoms with Crippen molar-refractivity contribution in [3.8, 4) is 0 Å². The van der Waals surface area contributed by atoms with E-state index in [9.17, 15) is 0 Å². The van der Waals surface area contributed by atoms with Gasteiger partial charge in [0.05, 0.1) is 17.8 Å². The van der Waals surface area contributed by atoms with Crippen molar-refractivity contribution in [2.24, 2.45) is 0 Å². The van der Waals surface area contributed by atoms with Gasteiger partial charge in [-0.1, -0.05) is 83.8 Å². The molecule has 0 fully saturated rings. The van der Waals surface area contributed by atoms with Gasteiger partial charge in [-0.15, -0.1) is 0 Å². The summed E-state index contributed by atoms with van der Waals surface area (Å²) < 4.78 is 6.08. The molecule has 1 aliphatic carbocycles. The minimum Gasteiger partial charge on any atom is -0.498 e. The van der Waals surface area contributed by atoms with Crippen LogP contribution in [0.3, 0.4) is 0 Å². The number of allylic oxidation sites excluding steroid dienone is 4. The number of hydrogen-bond donors (Lipinski definition) is 1. The molecule has 3 nitrogen and oxygen atoms in total. The molecule has 3 heteroatoms. The van der Waals surface area contributed by atoms with E-state index in [1.165, 1.54) is 57.8 Å². The van der Waals surface area contributed by atoms with Crippen LogP contribution in [0.2, 0.25) is 0 Å². The first-order valence-electron chi connectivity index (χ1n) is 10.8. The van der Waals surface area contributed by atoms with Gasteiger partial charge in [0.25, 0.3) is 0 Å². The number of nitrogens with zero attached hydrogens (tertiary/aromatic N) is 1. The second-order valence-electron chi connectivity index (χ2n) is 7.65. The molecule has 1 aromatic heterocycles. The maximum Gasteiger partial charge on any atom is 0.116 e. The van der Waals surface area contributed by atoms with Crippen molar-refractivity contribution < 1.29 is 4.74 Å². The number of hydrogen-bond acceptors (Lipinski definition) is 2. The van der Waals surface area contributed by atoms with Crippen LogP contribution in [0.1, 0.15) is 96.7 Å². The van der Waals surface area contributed by atoms with Gasteiger partial charge in [0.15, 0.2) is 0 Å². The quantitative estimate of drug-likeness (QED) is 0.370. The summed E-state index contributed by atoms with van der Waals surface area (Å²) in [5, 5.41) is 0. The Morgan fingerprint density at radius 2 is 1.69 bits per heavy atom. The minimum absolute atomic E-state index is 0.0363. The molecule has 26 heavy (non-hydrogen) atoms. The molecule has 0 saturated heterocycles. The van der Waals surface area contributed by atoms with Crippen LogP contribution in [-0.2, 0) is 10.2 Å². The SMILES string of the molecule is CCCCCCCCCCCCOC1=CC=CC(CC)(c2ncc[nH]2)C1. The van der Waals surface area contributed by atoms with E-state index in [4.69, 9.17) is 4.74 Å². The highest BCUT2D eigenvalue weighted by molar-refractivity contribution is 5.30. The molecule has 0 saturated carbocycles. The lowest BCUT2D eigenvalue weighted by Crippen LogP contribution is -2.27. The maximum absolute atomic E-state index is 6.08. The molecular formula is C23H38N2O. The van der Waals surface area contributed by atoms with Crippen molar-refractivity contribution in [2.75, 3.05) is 6.61 Å². The van der Waals surface area contributed by atoms with E-state index in [2.05, 4.69) is 42.0 Å². The number of imidazole rings is 1. The third-order valence-corrected chi connectivity index (χ3v) is 5.57. The van der Waals surface area contributed by atoms with Crippen LogP contribution in [0.15, 0.2) is 36.4 Å². The van der Waals surface area contributed by atoms with Gasteiger partial charge >= 0.3 is 0 Å². The topological polar surface area (TPSA) is 37.9 Å². The zero-order chi connectivity index (χ0) is 18.5. The van der Waals surface area contributed by atoms with Crippen molar-refractivity contribution in [3.05, 3.63) is 42.2 Å². The number of rotatable bonds is 14. The zero-order valence-electron chi connectivity index (χ0n) is 16.9. The Morgan fingerprint density at radius 1 is 1.00 bits per heavy atom. The van der Waals surface area contributed by atoms with E-state index in [1.807, 2.05) is 12.4 Å². The summed E-state index contributed by atoms with van der Waals surface area (Å²) in [5.41, 5.74) is -0.0363. The predicted octanol–water partition coefficient (Wildman–Crippen LogP) is 6.84. The number of aromatic amines is 1. The van der Waals surface area contributed by atoms with E-state index < -0.39 is 0 Å². The highest BCUT2D eigenvalue weighted by Crippen LogP contribution is 2.37. The molecule has 1 aliphatic rings. The van der Waals surface area contributed by atoms with Crippen LogP contribution in [0.5, 0.6) is 0 Å². The Balaban J connectivity index is 1.56. The van der Waals surface area contributed by atoms with Gasteiger partial charge < -0.3 is 9.72 Å². The van der Waals surface area contributed by atoms with Gasteiger partial charge in [0.1, 0.15) is 5.82 Å². The summed E-state index contributed by atoms with van der Waals surface area (Å²) in [6.45, 7) is 5.34. The lowest BCUT2D eigenvalue weighted by Gasteiger charge is -2.30. The van der Waals surface area contributed by atoms with Crippen LogP contribution >= 0.6 is 0 Å². The molecule has 1 N–H and O–H groups in total. The fraction of sp³-hybridized carbons (Fsp3) is 0.696. The Morgan fingerprint density at radius 3 is 2.31 bits per heavy atom. The van der Waals surface area contributed by atoms with Crippen molar-refractivity contribution in [1.82, 2.24) is 9.97 Å². The molecule has 1 aromatic rings. The van der Waals surface area contributed by atoms with E-state index in [0.29, 0.717) is 0 Å². The van der Waals surface area contributed by atoms with Crippen molar-refractivity contribution in [3.63, 3.8) is 0 Å². The van der Waals surface area contributed by atoms with Crippen molar-refractivity contribution >= 4 is 0 Å². The molecule has 0 aliphatic heterocycles. The molecule has 0 bridgehead atoms. The van der Waals surface area contributed by atoms with Gasteiger partial charge in [-0.05, 0) is 18.9 Å². The van der Waals surface area contributed by atoms with E-state index in [0.717, 1.165) is 37.5 Å². The molecule has 0 aromatic carbocycles. The molecular weight excluding hydrogens is 320 g/mol. The Labute approximate surface area is 160 Å². The van der Waals surface area contributed by atoms with Crippen LogP contribution in [0, 0.1) is 0 Å². The maximum atomic E-state index is 6.08. The number of unbranched alkanes of at least 4 members (excludes halogenated alkanes) is 9. The van der Waals surface area contributed by atoms with Gasteiger partial charge in [0, 0.05) is 18.8 Å².